The number of rotatable bonds is 2. The highest BCUT2D eigenvalue weighted by molar-refractivity contribution is 8.02. The van der Waals surface area contributed by atoms with Gasteiger partial charge in [0.1, 0.15) is 17.7 Å². The first-order valence-electron chi connectivity index (χ1n) is 8.33. The lowest BCUT2D eigenvalue weighted by Crippen LogP contribution is -2.54. The van der Waals surface area contributed by atoms with Crippen molar-refractivity contribution >= 4 is 49.8 Å². The largest absolute Gasteiger partial charge is 0.386 e. The molecule has 142 valence electrons. The Morgan fingerprint density at radius 3 is 2.81 bits per heavy atom. The minimum atomic E-state index is -2.49. The fraction of sp³-hybridized carbons (Fsp3) is 0.333. The summed E-state index contributed by atoms with van der Waals surface area (Å²) in [5.41, 5.74) is 7.17. The van der Waals surface area contributed by atoms with Gasteiger partial charge in [-0.25, -0.2) is 9.50 Å². The molecule has 0 saturated heterocycles. The standard InChI is InChI=1S/C18H20ClN5OS2/c1-17(2)16(20)23-18(3,9-27(17,4)25)15-12(19)8-13(26-15)11-5-6-24-14(7-11)21-10-22-24/h5-8,10H,4,9H2,1-3H3,(H2,20,23)/t18-,27?/m0/s1. The molecule has 27 heavy (non-hydrogen) atoms. The van der Waals surface area contributed by atoms with Crippen molar-refractivity contribution < 1.29 is 4.21 Å². The molecule has 4 rings (SSSR count). The Bertz CT molecular complexity index is 1190. The molecule has 1 unspecified atom stereocenters. The number of pyridine rings is 1. The van der Waals surface area contributed by atoms with Crippen molar-refractivity contribution in [1.29, 1.82) is 0 Å². The Morgan fingerprint density at radius 1 is 1.37 bits per heavy atom. The van der Waals surface area contributed by atoms with Crippen molar-refractivity contribution in [2.75, 3.05) is 5.75 Å². The van der Waals surface area contributed by atoms with Crippen molar-refractivity contribution in [2.24, 2.45) is 10.7 Å². The van der Waals surface area contributed by atoms with Gasteiger partial charge in [0.25, 0.3) is 0 Å². The number of fused-ring (bicyclic) bond motifs is 1. The van der Waals surface area contributed by atoms with E-state index < -0.39 is 19.8 Å². The number of aliphatic imine (C=N–C) groups is 1. The van der Waals surface area contributed by atoms with Gasteiger partial charge in [0.2, 0.25) is 0 Å². The average Bonchev–Trinajstić information content (AvgIpc) is 3.18. The van der Waals surface area contributed by atoms with E-state index in [2.05, 4.69) is 16.0 Å². The van der Waals surface area contributed by atoms with Gasteiger partial charge in [-0.2, -0.15) is 5.10 Å². The zero-order chi connectivity index (χ0) is 19.6. The van der Waals surface area contributed by atoms with Crippen LogP contribution in [0.25, 0.3) is 16.1 Å². The molecule has 0 bridgehead atoms. The summed E-state index contributed by atoms with van der Waals surface area (Å²) in [6.45, 7) is 5.58. The molecule has 1 aliphatic rings. The fourth-order valence-corrected chi connectivity index (χ4v) is 6.85. The third-order valence-corrected chi connectivity index (χ3v) is 10.1. The third kappa shape index (κ3) is 2.78. The molecule has 3 aromatic heterocycles. The second-order valence-corrected chi connectivity index (χ2v) is 11.9. The van der Waals surface area contributed by atoms with E-state index in [0.717, 1.165) is 21.0 Å². The molecular weight excluding hydrogens is 402 g/mol. The summed E-state index contributed by atoms with van der Waals surface area (Å²) in [7, 11) is -2.49. The molecular formula is C18H20ClN5OS2. The average molecular weight is 422 g/mol. The van der Waals surface area contributed by atoms with E-state index in [4.69, 9.17) is 22.3 Å². The molecule has 0 amide bonds. The predicted molar refractivity (Wildman–Crippen MR) is 114 cm³/mol. The van der Waals surface area contributed by atoms with Crippen molar-refractivity contribution in [3.8, 4) is 10.4 Å². The van der Waals surface area contributed by atoms with E-state index in [1.165, 1.54) is 17.7 Å². The summed E-state index contributed by atoms with van der Waals surface area (Å²) in [5.74, 6) is 4.64. The van der Waals surface area contributed by atoms with Gasteiger partial charge in [-0.1, -0.05) is 11.6 Å². The molecule has 9 heteroatoms. The lowest BCUT2D eigenvalue weighted by molar-refractivity contribution is 0.543. The molecule has 4 heterocycles. The summed E-state index contributed by atoms with van der Waals surface area (Å²) >= 11 is 8.11. The Balaban J connectivity index is 1.83. The molecule has 2 N–H and O–H groups in total. The van der Waals surface area contributed by atoms with Crippen LogP contribution in [-0.2, 0) is 15.1 Å². The summed E-state index contributed by atoms with van der Waals surface area (Å²) in [6.07, 6.45) is 3.37. The van der Waals surface area contributed by atoms with Gasteiger partial charge in [-0.05, 0) is 59.9 Å². The van der Waals surface area contributed by atoms with E-state index in [0.29, 0.717) is 16.6 Å². The Labute approximate surface area is 167 Å². The first kappa shape index (κ1) is 18.5. The number of hydrogen-bond donors (Lipinski definition) is 1. The molecule has 6 nitrogen and oxygen atoms in total. The number of thiophene rings is 1. The van der Waals surface area contributed by atoms with E-state index in [-0.39, 0.29) is 0 Å². The highest BCUT2D eigenvalue weighted by Gasteiger charge is 2.46. The molecule has 0 saturated carbocycles. The van der Waals surface area contributed by atoms with Crippen LogP contribution in [0.1, 0.15) is 25.6 Å². The normalized spacial score (nSPS) is 27.6. The molecule has 1 aliphatic heterocycles. The van der Waals surface area contributed by atoms with Crippen molar-refractivity contribution in [1.82, 2.24) is 14.6 Å². The van der Waals surface area contributed by atoms with Crippen LogP contribution in [0.2, 0.25) is 5.02 Å². The van der Waals surface area contributed by atoms with Gasteiger partial charge in [0, 0.05) is 16.8 Å². The highest BCUT2D eigenvalue weighted by atomic mass is 35.5. The highest BCUT2D eigenvalue weighted by Crippen LogP contribution is 2.45. The third-order valence-electron chi connectivity index (χ3n) is 5.17. The molecule has 2 atom stereocenters. The van der Waals surface area contributed by atoms with Gasteiger partial charge in [-0.3, -0.25) is 9.20 Å². The minimum Gasteiger partial charge on any atom is -0.386 e. The lowest BCUT2D eigenvalue weighted by Gasteiger charge is -2.40. The number of hydrogen-bond acceptors (Lipinski definition) is 6. The maximum absolute atomic E-state index is 13.2. The van der Waals surface area contributed by atoms with Crippen LogP contribution in [0.5, 0.6) is 0 Å². The van der Waals surface area contributed by atoms with Crippen molar-refractivity contribution in [2.45, 2.75) is 31.1 Å². The monoisotopic (exact) mass is 421 g/mol. The van der Waals surface area contributed by atoms with Gasteiger partial charge in [0.05, 0.1) is 14.6 Å². The zero-order valence-electron chi connectivity index (χ0n) is 15.3. The Kier molecular flexibility index (Phi) is 3.96. The zero-order valence-corrected chi connectivity index (χ0v) is 17.7. The molecule has 3 aromatic rings. The molecule has 0 aromatic carbocycles. The van der Waals surface area contributed by atoms with Gasteiger partial charge in [-0.15, -0.1) is 11.3 Å². The first-order chi connectivity index (χ1) is 12.5. The summed E-state index contributed by atoms with van der Waals surface area (Å²) in [4.78, 5) is 10.8. The number of nitrogens with two attached hydrogens (primary N) is 1. The second kappa shape index (κ2) is 5.80. The summed E-state index contributed by atoms with van der Waals surface area (Å²) < 4.78 is 14.2. The van der Waals surface area contributed by atoms with Crippen LogP contribution in [0, 0.1) is 0 Å². The smallest absolute Gasteiger partial charge is 0.155 e. The van der Waals surface area contributed by atoms with Crippen molar-refractivity contribution in [3.05, 3.63) is 40.6 Å². The summed E-state index contributed by atoms with van der Waals surface area (Å²) in [6, 6.07) is 5.82. The summed E-state index contributed by atoms with van der Waals surface area (Å²) in [5, 5.41) is 4.70. The number of aromatic nitrogens is 3. The van der Waals surface area contributed by atoms with E-state index in [1.807, 2.05) is 45.2 Å². The SMILES string of the molecule is C=S1(=O)C[C@@](C)(c2sc(-c3ccn4ncnc4c3)cc2Cl)N=C(N)C1(C)C. The topological polar surface area (TPSA) is 85.6 Å². The minimum absolute atomic E-state index is 0.302. The van der Waals surface area contributed by atoms with Crippen LogP contribution < -0.4 is 5.73 Å². The van der Waals surface area contributed by atoms with Crippen LogP contribution in [0.4, 0.5) is 0 Å². The van der Waals surface area contributed by atoms with E-state index in [9.17, 15) is 4.21 Å². The molecule has 0 fully saturated rings. The Hall–Kier alpha value is -1.90. The quantitative estimate of drug-likeness (QED) is 0.644. The van der Waals surface area contributed by atoms with Gasteiger partial charge >= 0.3 is 0 Å². The van der Waals surface area contributed by atoms with Crippen LogP contribution >= 0.6 is 22.9 Å². The lowest BCUT2D eigenvalue weighted by atomic mass is 10.0. The van der Waals surface area contributed by atoms with Gasteiger partial charge < -0.3 is 5.73 Å². The molecule has 0 radical (unpaired) electrons. The molecule has 0 spiro atoms. The van der Waals surface area contributed by atoms with Crippen molar-refractivity contribution in [3.63, 3.8) is 0 Å². The number of halogens is 1. The van der Waals surface area contributed by atoms with Crippen LogP contribution in [-0.4, -0.2) is 41.0 Å². The Morgan fingerprint density at radius 2 is 2.11 bits per heavy atom. The number of amidine groups is 1. The van der Waals surface area contributed by atoms with E-state index in [1.54, 1.807) is 4.52 Å². The predicted octanol–water partition coefficient (Wildman–Crippen LogP) is 3.19. The fourth-order valence-electron chi connectivity index (χ4n) is 3.22. The maximum atomic E-state index is 13.2. The van der Waals surface area contributed by atoms with E-state index >= 15 is 0 Å². The van der Waals surface area contributed by atoms with Crippen LogP contribution in [0.3, 0.4) is 0 Å². The second-order valence-electron chi connectivity index (χ2n) is 7.50. The van der Waals surface area contributed by atoms with Gasteiger partial charge in [0.15, 0.2) is 5.65 Å². The number of nitrogens with zero attached hydrogens (tertiary/aromatic N) is 4. The first-order valence-corrected chi connectivity index (χ1v) is 11.4. The van der Waals surface area contributed by atoms with Crippen LogP contribution in [0.15, 0.2) is 35.7 Å². The molecule has 0 aliphatic carbocycles. The maximum Gasteiger partial charge on any atom is 0.155 e.